The van der Waals surface area contributed by atoms with Crippen molar-refractivity contribution in [3.8, 4) is 5.75 Å². The second kappa shape index (κ2) is 5.68. The maximum Gasteiger partial charge on any atom is 0.339 e. The van der Waals surface area contributed by atoms with Crippen LogP contribution in [0.15, 0.2) is 41.3 Å². The number of hydrogen-bond donors (Lipinski definition) is 0. The molecule has 22 heavy (non-hydrogen) atoms. The molecule has 116 valence electrons. The van der Waals surface area contributed by atoms with Crippen LogP contribution in [-0.2, 0) is 10.1 Å². The van der Waals surface area contributed by atoms with Crippen LogP contribution in [0, 0.1) is 28.7 Å². The van der Waals surface area contributed by atoms with Gasteiger partial charge in [-0.15, -0.1) is 0 Å². The van der Waals surface area contributed by atoms with Gasteiger partial charge in [0, 0.05) is 18.2 Å². The Bertz CT molecular complexity index is 852. The lowest BCUT2D eigenvalue weighted by atomic mass is 10.2. The molecule has 0 spiro atoms. The molecule has 0 atom stereocenters. The van der Waals surface area contributed by atoms with Crippen LogP contribution in [0.1, 0.15) is 5.56 Å². The first-order valence-electron chi connectivity index (χ1n) is 5.85. The van der Waals surface area contributed by atoms with Crippen molar-refractivity contribution >= 4 is 15.8 Å². The zero-order valence-corrected chi connectivity index (χ0v) is 11.9. The van der Waals surface area contributed by atoms with E-state index in [9.17, 15) is 27.3 Å². The molecular weight excluding hydrogens is 320 g/mol. The van der Waals surface area contributed by atoms with Crippen molar-refractivity contribution in [3.05, 3.63) is 63.7 Å². The molecular formula is C13H9F2NO5S. The summed E-state index contributed by atoms with van der Waals surface area (Å²) in [6.45, 7) is 1.34. The summed E-state index contributed by atoms with van der Waals surface area (Å²) < 4.78 is 55.0. The fourth-order valence-corrected chi connectivity index (χ4v) is 2.88. The third-order valence-corrected chi connectivity index (χ3v) is 4.13. The maximum atomic E-state index is 13.4. The second-order valence-corrected chi connectivity index (χ2v) is 5.83. The molecule has 0 saturated heterocycles. The Balaban J connectivity index is 2.40. The zero-order valence-electron chi connectivity index (χ0n) is 11.1. The van der Waals surface area contributed by atoms with Gasteiger partial charge in [-0.1, -0.05) is 0 Å². The van der Waals surface area contributed by atoms with Crippen LogP contribution < -0.4 is 4.18 Å². The minimum atomic E-state index is -4.41. The van der Waals surface area contributed by atoms with E-state index in [-0.39, 0.29) is 16.1 Å². The SMILES string of the molecule is Cc1cc([N+](=O)[O-])ccc1S(=O)(=O)Oc1ccc(F)cc1F. The Kier molecular flexibility index (Phi) is 4.09. The number of non-ortho nitro benzene ring substituents is 1. The van der Waals surface area contributed by atoms with E-state index in [1.807, 2.05) is 0 Å². The summed E-state index contributed by atoms with van der Waals surface area (Å²) in [6, 6.07) is 5.19. The van der Waals surface area contributed by atoms with Crippen LogP contribution in [0.4, 0.5) is 14.5 Å². The fraction of sp³-hybridized carbons (Fsp3) is 0.0769. The van der Waals surface area contributed by atoms with Crippen LogP contribution in [0.25, 0.3) is 0 Å². The lowest BCUT2D eigenvalue weighted by Crippen LogP contribution is -2.12. The highest BCUT2D eigenvalue weighted by molar-refractivity contribution is 7.87. The molecule has 0 heterocycles. The van der Waals surface area contributed by atoms with Gasteiger partial charge >= 0.3 is 10.1 Å². The quantitative estimate of drug-likeness (QED) is 0.489. The summed E-state index contributed by atoms with van der Waals surface area (Å²) in [4.78, 5) is 9.60. The fourth-order valence-electron chi connectivity index (χ4n) is 1.73. The second-order valence-electron chi connectivity index (χ2n) is 4.32. The molecule has 0 saturated carbocycles. The predicted octanol–water partition coefficient (Wildman–Crippen LogP) is 2.95. The van der Waals surface area contributed by atoms with E-state index in [0.717, 1.165) is 30.3 Å². The number of halogens is 2. The Morgan fingerprint density at radius 3 is 2.36 bits per heavy atom. The van der Waals surface area contributed by atoms with E-state index < -0.39 is 32.4 Å². The van der Waals surface area contributed by atoms with E-state index in [0.29, 0.717) is 6.07 Å². The van der Waals surface area contributed by atoms with Gasteiger partial charge in [-0.05, 0) is 30.7 Å². The molecule has 2 rings (SSSR count). The normalized spacial score (nSPS) is 11.2. The number of benzene rings is 2. The predicted molar refractivity (Wildman–Crippen MR) is 72.0 cm³/mol. The van der Waals surface area contributed by atoms with Crippen molar-refractivity contribution in [2.24, 2.45) is 0 Å². The molecule has 0 aromatic heterocycles. The van der Waals surface area contributed by atoms with Crippen molar-refractivity contribution < 1.29 is 26.3 Å². The Hall–Kier alpha value is -2.55. The van der Waals surface area contributed by atoms with Crippen LogP contribution in [-0.4, -0.2) is 13.3 Å². The van der Waals surface area contributed by atoms with Gasteiger partial charge in [0.15, 0.2) is 11.6 Å². The Labute approximate surface area is 124 Å². The Morgan fingerprint density at radius 1 is 1.14 bits per heavy atom. The molecule has 9 heteroatoms. The molecule has 0 fully saturated rings. The summed E-state index contributed by atoms with van der Waals surface area (Å²) in [5.41, 5.74) is -0.221. The lowest BCUT2D eigenvalue weighted by Gasteiger charge is -2.09. The minimum absolute atomic E-state index is 0.0664. The zero-order chi connectivity index (χ0) is 16.5. The molecule has 0 aliphatic carbocycles. The van der Waals surface area contributed by atoms with Gasteiger partial charge < -0.3 is 4.18 Å². The topological polar surface area (TPSA) is 86.5 Å². The summed E-state index contributed by atoms with van der Waals surface area (Å²) in [7, 11) is -4.41. The maximum absolute atomic E-state index is 13.4. The van der Waals surface area contributed by atoms with E-state index in [1.54, 1.807) is 0 Å². The van der Waals surface area contributed by atoms with Crippen molar-refractivity contribution in [2.45, 2.75) is 11.8 Å². The number of nitrogens with zero attached hydrogens (tertiary/aromatic N) is 1. The molecule has 0 N–H and O–H groups in total. The molecule has 2 aromatic rings. The van der Waals surface area contributed by atoms with Gasteiger partial charge in [-0.2, -0.15) is 8.42 Å². The van der Waals surface area contributed by atoms with Crippen molar-refractivity contribution in [1.82, 2.24) is 0 Å². The average Bonchev–Trinajstić information content (AvgIpc) is 2.41. The van der Waals surface area contributed by atoms with E-state index >= 15 is 0 Å². The van der Waals surface area contributed by atoms with Gasteiger partial charge in [0.25, 0.3) is 5.69 Å². The molecule has 0 unspecified atom stereocenters. The van der Waals surface area contributed by atoms with Gasteiger partial charge in [0.2, 0.25) is 0 Å². The van der Waals surface area contributed by atoms with Crippen molar-refractivity contribution in [1.29, 1.82) is 0 Å². The molecule has 0 bridgehead atoms. The van der Waals surface area contributed by atoms with Crippen LogP contribution >= 0.6 is 0 Å². The number of aryl methyl sites for hydroxylation is 1. The monoisotopic (exact) mass is 329 g/mol. The van der Waals surface area contributed by atoms with Crippen LogP contribution in [0.3, 0.4) is 0 Å². The highest BCUT2D eigenvalue weighted by atomic mass is 32.2. The van der Waals surface area contributed by atoms with Gasteiger partial charge in [0.05, 0.1) is 4.92 Å². The Morgan fingerprint density at radius 2 is 1.82 bits per heavy atom. The highest BCUT2D eigenvalue weighted by Crippen LogP contribution is 2.26. The molecule has 0 amide bonds. The largest absolute Gasteiger partial charge is 0.376 e. The first kappa shape index (κ1) is 15.8. The summed E-state index contributed by atoms with van der Waals surface area (Å²) in [6.07, 6.45) is 0. The standard InChI is InChI=1S/C13H9F2NO5S/c1-8-6-10(16(17)18)3-5-13(8)22(19,20)21-12-4-2-9(14)7-11(12)15/h2-7H,1H3. The van der Waals surface area contributed by atoms with E-state index in [4.69, 9.17) is 0 Å². The van der Waals surface area contributed by atoms with Gasteiger partial charge in [-0.3, -0.25) is 10.1 Å². The molecule has 6 nitrogen and oxygen atoms in total. The van der Waals surface area contributed by atoms with Crippen molar-refractivity contribution in [2.75, 3.05) is 0 Å². The van der Waals surface area contributed by atoms with Crippen LogP contribution in [0.5, 0.6) is 5.75 Å². The van der Waals surface area contributed by atoms with Gasteiger partial charge in [0.1, 0.15) is 10.7 Å². The van der Waals surface area contributed by atoms with Crippen LogP contribution in [0.2, 0.25) is 0 Å². The molecule has 0 aliphatic heterocycles. The first-order chi connectivity index (χ1) is 10.2. The minimum Gasteiger partial charge on any atom is -0.376 e. The third-order valence-electron chi connectivity index (χ3n) is 2.73. The summed E-state index contributed by atoms with van der Waals surface area (Å²) in [5.74, 6) is -2.73. The molecule has 2 aromatic carbocycles. The number of rotatable bonds is 4. The smallest absolute Gasteiger partial charge is 0.339 e. The molecule has 0 radical (unpaired) electrons. The van der Waals surface area contributed by atoms with E-state index in [1.165, 1.54) is 6.92 Å². The van der Waals surface area contributed by atoms with Gasteiger partial charge in [-0.25, -0.2) is 8.78 Å². The number of hydrogen-bond acceptors (Lipinski definition) is 5. The highest BCUT2D eigenvalue weighted by Gasteiger charge is 2.23. The third kappa shape index (κ3) is 3.19. The van der Waals surface area contributed by atoms with Crippen molar-refractivity contribution in [3.63, 3.8) is 0 Å². The molecule has 0 aliphatic rings. The number of nitro benzene ring substituents is 1. The average molecular weight is 329 g/mol. The summed E-state index contributed by atoms with van der Waals surface area (Å²) >= 11 is 0. The first-order valence-corrected chi connectivity index (χ1v) is 7.26. The van der Waals surface area contributed by atoms with E-state index in [2.05, 4.69) is 4.18 Å². The lowest BCUT2D eigenvalue weighted by molar-refractivity contribution is -0.385. The summed E-state index contributed by atoms with van der Waals surface area (Å²) in [5, 5.41) is 10.6. The number of nitro groups is 1.